The third-order valence-electron chi connectivity index (χ3n) is 3.33. The fourth-order valence-electron chi connectivity index (χ4n) is 2.07. The fraction of sp³-hybridized carbons (Fsp3) is 0.118. The van der Waals surface area contributed by atoms with Crippen LogP contribution in [0.2, 0.25) is 0 Å². The number of aromatic nitrogens is 2. The van der Waals surface area contributed by atoms with Crippen molar-refractivity contribution < 1.29 is 27.1 Å². The van der Waals surface area contributed by atoms with E-state index in [0.29, 0.717) is 5.56 Å². The zero-order valence-electron chi connectivity index (χ0n) is 12.9. The lowest BCUT2D eigenvalue weighted by atomic mass is 10.2. The molecule has 2 aromatic carbocycles. The first kappa shape index (κ1) is 16.7. The normalized spacial score (nSPS) is 12.0. The Hall–Kier alpha value is -3.16. The Balaban J connectivity index is 1.77. The minimum absolute atomic E-state index is 0.0653. The summed E-state index contributed by atoms with van der Waals surface area (Å²) in [5.74, 6) is -3.65. The Morgan fingerprint density at radius 3 is 2.32 bits per heavy atom. The van der Waals surface area contributed by atoms with Gasteiger partial charge in [-0.15, -0.1) is 10.2 Å². The number of rotatable bonds is 4. The lowest BCUT2D eigenvalue weighted by molar-refractivity contribution is 0.0269. The molecule has 5 nitrogen and oxygen atoms in total. The van der Waals surface area contributed by atoms with Crippen molar-refractivity contribution in [2.75, 3.05) is 0 Å². The van der Waals surface area contributed by atoms with Gasteiger partial charge in [0.05, 0.1) is 0 Å². The van der Waals surface area contributed by atoms with Gasteiger partial charge in [-0.05, 0) is 43.3 Å². The van der Waals surface area contributed by atoms with E-state index in [-0.39, 0.29) is 11.8 Å². The molecule has 1 heterocycles. The summed E-state index contributed by atoms with van der Waals surface area (Å²) < 4.78 is 50.4. The first-order valence-electron chi connectivity index (χ1n) is 7.20. The average Bonchev–Trinajstić information content (AvgIpc) is 3.05. The molecule has 0 N–H and O–H groups in total. The van der Waals surface area contributed by atoms with Gasteiger partial charge in [0.25, 0.3) is 5.89 Å². The number of carbonyl (C=O) groups is 1. The van der Waals surface area contributed by atoms with E-state index in [0.717, 1.165) is 18.2 Å². The van der Waals surface area contributed by atoms with Crippen LogP contribution in [0.4, 0.5) is 13.2 Å². The highest BCUT2D eigenvalue weighted by molar-refractivity contribution is 5.90. The van der Waals surface area contributed by atoms with Crippen molar-refractivity contribution >= 4 is 5.97 Å². The number of halogens is 3. The van der Waals surface area contributed by atoms with Crippen molar-refractivity contribution in [1.29, 1.82) is 0 Å². The molecule has 0 fully saturated rings. The summed E-state index contributed by atoms with van der Waals surface area (Å²) in [6, 6.07) is 8.37. The van der Waals surface area contributed by atoms with Crippen LogP contribution in [-0.4, -0.2) is 16.2 Å². The molecule has 3 aromatic rings. The van der Waals surface area contributed by atoms with Crippen molar-refractivity contribution in [1.82, 2.24) is 10.2 Å². The van der Waals surface area contributed by atoms with Crippen LogP contribution in [0.3, 0.4) is 0 Å². The van der Waals surface area contributed by atoms with E-state index in [2.05, 4.69) is 10.2 Å². The lowest BCUT2D eigenvalue weighted by Gasteiger charge is -2.10. The SMILES string of the molecule is C[C@@H](OC(=O)c1c(F)cccc1F)c1nnc(-c2ccc(F)cc2)o1. The molecule has 0 saturated carbocycles. The molecule has 0 aliphatic carbocycles. The lowest BCUT2D eigenvalue weighted by Crippen LogP contribution is -2.13. The summed E-state index contributed by atoms with van der Waals surface area (Å²) in [4.78, 5) is 12.0. The second kappa shape index (κ2) is 6.76. The topological polar surface area (TPSA) is 65.2 Å². The number of ether oxygens (including phenoxy) is 1. The third-order valence-corrected chi connectivity index (χ3v) is 3.33. The van der Waals surface area contributed by atoms with Crippen LogP contribution in [-0.2, 0) is 4.74 Å². The maximum Gasteiger partial charge on any atom is 0.344 e. The molecule has 0 saturated heterocycles. The van der Waals surface area contributed by atoms with Crippen molar-refractivity contribution in [3.05, 3.63) is 71.4 Å². The molecule has 0 bridgehead atoms. The Bertz CT molecular complexity index is 890. The number of esters is 1. The fourth-order valence-corrected chi connectivity index (χ4v) is 2.07. The Labute approximate surface area is 140 Å². The number of nitrogens with zero attached hydrogens (tertiary/aromatic N) is 2. The first-order valence-corrected chi connectivity index (χ1v) is 7.20. The standard InChI is InChI=1S/C17H11F3N2O3/c1-9(24-17(23)14-12(19)3-2-4-13(14)20)15-21-22-16(25-15)10-5-7-11(18)8-6-10/h2-9H,1H3/t9-/m1/s1. The summed E-state index contributed by atoms with van der Waals surface area (Å²) >= 11 is 0. The van der Waals surface area contributed by atoms with E-state index in [1.165, 1.54) is 31.2 Å². The largest absolute Gasteiger partial charge is 0.449 e. The van der Waals surface area contributed by atoms with E-state index in [1.54, 1.807) is 0 Å². The van der Waals surface area contributed by atoms with Crippen molar-refractivity contribution in [2.24, 2.45) is 0 Å². The third kappa shape index (κ3) is 3.52. The summed E-state index contributed by atoms with van der Waals surface area (Å²) in [5, 5.41) is 7.51. The highest BCUT2D eigenvalue weighted by Gasteiger charge is 2.24. The molecule has 0 amide bonds. The maximum atomic E-state index is 13.6. The van der Waals surface area contributed by atoms with Crippen LogP contribution < -0.4 is 0 Å². The van der Waals surface area contributed by atoms with Crippen LogP contribution in [0.5, 0.6) is 0 Å². The van der Waals surface area contributed by atoms with E-state index in [9.17, 15) is 18.0 Å². The second-order valence-corrected chi connectivity index (χ2v) is 5.10. The van der Waals surface area contributed by atoms with Gasteiger partial charge in [-0.1, -0.05) is 6.07 Å². The molecular formula is C17H11F3N2O3. The van der Waals surface area contributed by atoms with Gasteiger partial charge in [-0.3, -0.25) is 0 Å². The van der Waals surface area contributed by atoms with E-state index >= 15 is 0 Å². The highest BCUT2D eigenvalue weighted by Crippen LogP contribution is 2.24. The molecule has 128 valence electrons. The van der Waals surface area contributed by atoms with Gasteiger partial charge in [-0.2, -0.15) is 0 Å². The molecule has 0 spiro atoms. The summed E-state index contributed by atoms with van der Waals surface area (Å²) in [7, 11) is 0. The van der Waals surface area contributed by atoms with Crippen molar-refractivity contribution in [2.45, 2.75) is 13.0 Å². The number of hydrogen-bond donors (Lipinski definition) is 0. The minimum atomic E-state index is -1.19. The van der Waals surface area contributed by atoms with E-state index in [4.69, 9.17) is 9.15 Å². The summed E-state index contributed by atoms with van der Waals surface area (Å²) in [5.41, 5.74) is -0.327. The Morgan fingerprint density at radius 1 is 1.04 bits per heavy atom. The van der Waals surface area contributed by atoms with Gasteiger partial charge in [-0.25, -0.2) is 18.0 Å². The molecule has 1 aromatic heterocycles. The predicted molar refractivity (Wildman–Crippen MR) is 79.9 cm³/mol. The van der Waals surface area contributed by atoms with Gasteiger partial charge in [0.2, 0.25) is 5.89 Å². The van der Waals surface area contributed by atoms with Gasteiger partial charge in [0, 0.05) is 5.56 Å². The molecule has 0 radical (unpaired) electrons. The molecule has 1 atom stereocenters. The first-order chi connectivity index (χ1) is 12.0. The smallest absolute Gasteiger partial charge is 0.344 e. The summed E-state index contributed by atoms with van der Waals surface area (Å²) in [6.07, 6.45) is -1.03. The Morgan fingerprint density at radius 2 is 1.68 bits per heavy atom. The monoisotopic (exact) mass is 348 g/mol. The van der Waals surface area contributed by atoms with Gasteiger partial charge in [0.15, 0.2) is 6.10 Å². The van der Waals surface area contributed by atoms with Gasteiger partial charge in [0.1, 0.15) is 23.0 Å². The van der Waals surface area contributed by atoms with Gasteiger partial charge < -0.3 is 9.15 Å². The van der Waals surface area contributed by atoms with Crippen molar-refractivity contribution in [3.8, 4) is 11.5 Å². The maximum absolute atomic E-state index is 13.6. The predicted octanol–water partition coefficient (Wildman–Crippen LogP) is 4.07. The molecule has 0 aliphatic rings. The molecule has 8 heteroatoms. The molecule has 25 heavy (non-hydrogen) atoms. The molecule has 0 unspecified atom stereocenters. The molecule has 0 aliphatic heterocycles. The zero-order valence-corrected chi connectivity index (χ0v) is 12.9. The van der Waals surface area contributed by atoms with E-state index in [1.807, 2.05) is 0 Å². The average molecular weight is 348 g/mol. The van der Waals surface area contributed by atoms with Gasteiger partial charge >= 0.3 is 5.97 Å². The highest BCUT2D eigenvalue weighted by atomic mass is 19.1. The quantitative estimate of drug-likeness (QED) is 0.665. The van der Waals surface area contributed by atoms with Crippen LogP contribution >= 0.6 is 0 Å². The zero-order chi connectivity index (χ0) is 18.0. The number of carbonyl (C=O) groups excluding carboxylic acids is 1. The second-order valence-electron chi connectivity index (χ2n) is 5.10. The molecule has 3 rings (SSSR count). The number of benzene rings is 2. The van der Waals surface area contributed by atoms with Crippen LogP contribution in [0, 0.1) is 17.5 Å². The number of hydrogen-bond acceptors (Lipinski definition) is 5. The van der Waals surface area contributed by atoms with Crippen molar-refractivity contribution in [3.63, 3.8) is 0 Å². The van der Waals surface area contributed by atoms with Crippen LogP contribution in [0.25, 0.3) is 11.5 Å². The molecular weight excluding hydrogens is 337 g/mol. The van der Waals surface area contributed by atoms with E-state index < -0.39 is 35.1 Å². The Kier molecular flexibility index (Phi) is 4.51. The minimum Gasteiger partial charge on any atom is -0.449 e. The van der Waals surface area contributed by atoms with Crippen LogP contribution in [0.15, 0.2) is 46.9 Å². The van der Waals surface area contributed by atoms with Crippen LogP contribution in [0.1, 0.15) is 29.3 Å². The summed E-state index contributed by atoms with van der Waals surface area (Å²) in [6.45, 7) is 1.42.